The Labute approximate surface area is 199 Å². The van der Waals surface area contributed by atoms with Crippen molar-refractivity contribution in [1.29, 1.82) is 5.26 Å². The molecule has 4 rings (SSSR count). The zero-order valence-electron chi connectivity index (χ0n) is 19.2. The third-order valence-electron chi connectivity index (χ3n) is 6.17. The van der Waals surface area contributed by atoms with Gasteiger partial charge < -0.3 is 10.6 Å². The van der Waals surface area contributed by atoms with E-state index in [2.05, 4.69) is 46.1 Å². The summed E-state index contributed by atoms with van der Waals surface area (Å²) in [6.45, 7) is 2.85. The van der Waals surface area contributed by atoms with Gasteiger partial charge in [-0.25, -0.2) is 4.68 Å². The van der Waals surface area contributed by atoms with Gasteiger partial charge in [-0.3, -0.25) is 9.59 Å². The first kappa shape index (κ1) is 23.2. The Balaban J connectivity index is 1.22. The van der Waals surface area contributed by atoms with Crippen molar-refractivity contribution in [2.75, 3.05) is 6.54 Å². The number of carbonyl (C=O) groups excluding carboxylic acids is 2. The molecule has 0 radical (unpaired) electrons. The maximum Gasteiger partial charge on any atom is 0.274 e. The van der Waals surface area contributed by atoms with E-state index in [1.54, 1.807) is 0 Å². The highest BCUT2D eigenvalue weighted by Crippen LogP contribution is 2.28. The molecule has 0 aliphatic heterocycles. The third kappa shape index (κ3) is 5.67. The van der Waals surface area contributed by atoms with E-state index in [-0.39, 0.29) is 11.6 Å². The van der Waals surface area contributed by atoms with E-state index in [1.165, 1.54) is 22.0 Å². The second-order valence-corrected chi connectivity index (χ2v) is 8.59. The largest absolute Gasteiger partial charge is 0.354 e. The average Bonchev–Trinajstić information content (AvgIpc) is 3.49. The van der Waals surface area contributed by atoms with Crippen LogP contribution in [0.15, 0.2) is 54.7 Å². The van der Waals surface area contributed by atoms with Gasteiger partial charge in [0.05, 0.1) is 18.8 Å². The minimum absolute atomic E-state index is 0.0156. The SMILES string of the molecule is CCc1ccc(C(C#N)NC(=O)c2cn(CCNC(=O)CC3Cc4ccccc4C3)nn2)cc1. The third-order valence-corrected chi connectivity index (χ3v) is 6.17. The molecule has 2 N–H and O–H groups in total. The summed E-state index contributed by atoms with van der Waals surface area (Å²) in [7, 11) is 0. The minimum atomic E-state index is -0.774. The number of aryl methyl sites for hydroxylation is 1. The van der Waals surface area contributed by atoms with Crippen LogP contribution < -0.4 is 10.6 Å². The van der Waals surface area contributed by atoms with Crippen LogP contribution in [0.3, 0.4) is 0 Å². The summed E-state index contributed by atoms with van der Waals surface area (Å²) in [6, 6.07) is 17.3. The van der Waals surface area contributed by atoms with Crippen molar-refractivity contribution in [2.24, 2.45) is 5.92 Å². The summed E-state index contributed by atoms with van der Waals surface area (Å²) < 4.78 is 1.51. The fraction of sp³-hybridized carbons (Fsp3) is 0.346. The smallest absolute Gasteiger partial charge is 0.274 e. The Morgan fingerprint density at radius 2 is 1.85 bits per heavy atom. The summed E-state index contributed by atoms with van der Waals surface area (Å²) in [5.41, 5.74) is 4.68. The summed E-state index contributed by atoms with van der Waals surface area (Å²) in [5, 5.41) is 23.0. The fourth-order valence-electron chi connectivity index (χ4n) is 4.29. The molecule has 0 saturated heterocycles. The van der Waals surface area contributed by atoms with Crippen molar-refractivity contribution in [1.82, 2.24) is 25.6 Å². The van der Waals surface area contributed by atoms with Gasteiger partial charge in [-0.2, -0.15) is 5.26 Å². The molecule has 0 spiro atoms. The molecule has 3 aromatic rings. The topological polar surface area (TPSA) is 113 Å². The molecule has 1 aliphatic rings. The van der Waals surface area contributed by atoms with Crippen LogP contribution in [-0.2, 0) is 30.6 Å². The van der Waals surface area contributed by atoms with Crippen molar-refractivity contribution >= 4 is 11.8 Å². The van der Waals surface area contributed by atoms with Crippen molar-refractivity contribution in [2.45, 2.75) is 45.2 Å². The van der Waals surface area contributed by atoms with E-state index in [4.69, 9.17) is 0 Å². The molecule has 1 aliphatic carbocycles. The lowest BCUT2D eigenvalue weighted by Gasteiger charge is -2.11. The van der Waals surface area contributed by atoms with Crippen LogP contribution in [-0.4, -0.2) is 33.4 Å². The highest BCUT2D eigenvalue weighted by atomic mass is 16.2. The molecule has 174 valence electrons. The first-order valence-electron chi connectivity index (χ1n) is 11.6. The van der Waals surface area contributed by atoms with Gasteiger partial charge in [0.15, 0.2) is 5.69 Å². The molecule has 2 aromatic carbocycles. The normalized spacial score (nSPS) is 13.6. The molecule has 0 bridgehead atoms. The van der Waals surface area contributed by atoms with E-state index in [1.807, 2.05) is 36.4 Å². The molecular weight excluding hydrogens is 428 g/mol. The molecule has 1 atom stereocenters. The van der Waals surface area contributed by atoms with Crippen LogP contribution in [0, 0.1) is 17.2 Å². The number of nitrogens with one attached hydrogen (secondary N) is 2. The second-order valence-electron chi connectivity index (χ2n) is 8.59. The van der Waals surface area contributed by atoms with Gasteiger partial charge in [-0.15, -0.1) is 5.10 Å². The molecule has 8 nitrogen and oxygen atoms in total. The van der Waals surface area contributed by atoms with Crippen molar-refractivity contribution in [3.05, 3.63) is 82.7 Å². The second kappa shape index (κ2) is 10.8. The number of nitriles is 1. The predicted octanol–water partition coefficient (Wildman–Crippen LogP) is 2.76. The van der Waals surface area contributed by atoms with Crippen molar-refractivity contribution < 1.29 is 9.59 Å². The van der Waals surface area contributed by atoms with E-state index >= 15 is 0 Å². The number of benzene rings is 2. The number of aromatic nitrogens is 3. The monoisotopic (exact) mass is 456 g/mol. The Kier molecular flexibility index (Phi) is 7.33. The number of carbonyl (C=O) groups is 2. The van der Waals surface area contributed by atoms with E-state index in [0.29, 0.717) is 31.0 Å². The highest BCUT2D eigenvalue weighted by Gasteiger charge is 2.23. The fourth-order valence-corrected chi connectivity index (χ4v) is 4.29. The molecule has 34 heavy (non-hydrogen) atoms. The first-order chi connectivity index (χ1) is 16.6. The Bertz CT molecular complexity index is 1170. The summed E-state index contributed by atoms with van der Waals surface area (Å²) in [6.07, 6.45) is 4.80. The van der Waals surface area contributed by atoms with Gasteiger partial charge in [0.1, 0.15) is 6.04 Å². The average molecular weight is 457 g/mol. The van der Waals surface area contributed by atoms with Gasteiger partial charge >= 0.3 is 0 Å². The van der Waals surface area contributed by atoms with E-state index < -0.39 is 11.9 Å². The van der Waals surface area contributed by atoms with Crippen LogP contribution in [0.25, 0.3) is 0 Å². The van der Waals surface area contributed by atoms with E-state index in [9.17, 15) is 14.9 Å². The number of rotatable bonds is 9. The number of nitrogens with zero attached hydrogens (tertiary/aromatic N) is 4. The van der Waals surface area contributed by atoms with Gasteiger partial charge in [0, 0.05) is 13.0 Å². The lowest BCUT2D eigenvalue weighted by atomic mass is 10.0. The minimum Gasteiger partial charge on any atom is -0.354 e. The molecular formula is C26H28N6O2. The van der Waals surface area contributed by atoms with Crippen molar-refractivity contribution in [3.8, 4) is 6.07 Å². The van der Waals surface area contributed by atoms with Gasteiger partial charge in [0.25, 0.3) is 5.91 Å². The molecule has 1 unspecified atom stereocenters. The van der Waals surface area contributed by atoms with Crippen LogP contribution in [0.1, 0.15) is 52.1 Å². The van der Waals surface area contributed by atoms with Gasteiger partial charge in [0.2, 0.25) is 5.91 Å². The van der Waals surface area contributed by atoms with E-state index in [0.717, 1.165) is 24.8 Å². The summed E-state index contributed by atoms with van der Waals surface area (Å²) >= 11 is 0. The molecule has 0 saturated carbocycles. The standard InChI is InChI=1S/C26H28N6O2/c1-2-18-7-9-20(10-8-18)23(16-27)29-26(34)24-17-32(31-30-24)12-11-28-25(33)15-19-13-21-5-3-4-6-22(21)14-19/h3-10,17,19,23H,2,11-15H2,1H3,(H,28,33)(H,29,34). The molecule has 8 heteroatoms. The van der Waals surface area contributed by atoms with Crippen LogP contribution >= 0.6 is 0 Å². The predicted molar refractivity (Wildman–Crippen MR) is 127 cm³/mol. The number of hydrogen-bond donors (Lipinski definition) is 2. The zero-order chi connectivity index (χ0) is 23.9. The quantitative estimate of drug-likeness (QED) is 0.514. The van der Waals surface area contributed by atoms with Crippen LogP contribution in [0.4, 0.5) is 0 Å². The van der Waals surface area contributed by atoms with Crippen LogP contribution in [0.5, 0.6) is 0 Å². The Morgan fingerprint density at radius 3 is 2.50 bits per heavy atom. The van der Waals surface area contributed by atoms with Crippen molar-refractivity contribution in [3.63, 3.8) is 0 Å². The number of amides is 2. The van der Waals surface area contributed by atoms with Gasteiger partial charge in [-0.05, 0) is 47.4 Å². The molecule has 1 heterocycles. The summed E-state index contributed by atoms with van der Waals surface area (Å²) in [5.74, 6) is -0.116. The number of fused-ring (bicyclic) bond motifs is 1. The highest BCUT2D eigenvalue weighted by molar-refractivity contribution is 5.92. The molecule has 0 fully saturated rings. The zero-order valence-corrected chi connectivity index (χ0v) is 19.2. The number of hydrogen-bond acceptors (Lipinski definition) is 5. The lowest BCUT2D eigenvalue weighted by Crippen LogP contribution is -2.29. The maximum absolute atomic E-state index is 12.5. The molecule has 2 amide bonds. The summed E-state index contributed by atoms with van der Waals surface area (Å²) in [4.78, 5) is 24.9. The Morgan fingerprint density at radius 1 is 1.15 bits per heavy atom. The van der Waals surface area contributed by atoms with Crippen LogP contribution in [0.2, 0.25) is 0 Å². The van der Waals surface area contributed by atoms with Gasteiger partial charge in [-0.1, -0.05) is 60.7 Å². The Hall–Kier alpha value is -3.99. The molecule has 1 aromatic heterocycles. The maximum atomic E-state index is 12.5. The lowest BCUT2D eigenvalue weighted by molar-refractivity contribution is -0.122. The first-order valence-corrected chi connectivity index (χ1v) is 11.6.